The van der Waals surface area contributed by atoms with E-state index >= 15 is 0 Å². The van der Waals surface area contributed by atoms with E-state index in [9.17, 15) is 19.1 Å². The summed E-state index contributed by atoms with van der Waals surface area (Å²) in [6.07, 6.45) is 0.640. The highest BCUT2D eigenvalue weighted by Gasteiger charge is 2.32. The third-order valence-corrected chi connectivity index (χ3v) is 3.32. The lowest BCUT2D eigenvalue weighted by atomic mass is 10.2. The van der Waals surface area contributed by atoms with Crippen LogP contribution in [0, 0.1) is 0 Å². The van der Waals surface area contributed by atoms with Crippen LogP contribution in [0.1, 0.15) is 24.4 Å². The lowest BCUT2D eigenvalue weighted by molar-refractivity contribution is 0.0343. The van der Waals surface area contributed by atoms with E-state index in [0.717, 1.165) is 12.3 Å². The topological polar surface area (TPSA) is 149 Å². The summed E-state index contributed by atoms with van der Waals surface area (Å²) < 4.78 is 26.3. The summed E-state index contributed by atoms with van der Waals surface area (Å²) in [7, 11) is -4.61. The Kier molecular flexibility index (Phi) is 3.91. The standard InChI is InChI=1S/C11H13N2O7P/c1-5(2)19-10(14)9-7(13-11(12)20-9)8-6(3-4-18-8)21(15,16)17/h3-5H,1-2H3,(H2,12,13)(H2,15,16,17). The van der Waals surface area contributed by atoms with Crippen LogP contribution in [0.3, 0.4) is 0 Å². The van der Waals surface area contributed by atoms with Gasteiger partial charge in [-0.2, -0.15) is 4.98 Å². The Morgan fingerprint density at radius 3 is 2.71 bits per heavy atom. The smallest absolute Gasteiger partial charge is 0.377 e. The molecule has 4 N–H and O–H groups in total. The number of furan rings is 1. The fourth-order valence-electron chi connectivity index (χ4n) is 1.61. The van der Waals surface area contributed by atoms with Gasteiger partial charge >= 0.3 is 13.6 Å². The first-order valence-electron chi connectivity index (χ1n) is 5.81. The number of carbonyl (C=O) groups excluding carboxylic acids is 1. The van der Waals surface area contributed by atoms with Crippen molar-refractivity contribution in [3.63, 3.8) is 0 Å². The fourth-order valence-corrected chi connectivity index (χ4v) is 2.28. The molecule has 0 fully saturated rings. The Morgan fingerprint density at radius 2 is 2.14 bits per heavy atom. The number of aromatic nitrogens is 1. The summed E-state index contributed by atoms with van der Waals surface area (Å²) in [6, 6.07) is 0.729. The van der Waals surface area contributed by atoms with Gasteiger partial charge in [0.15, 0.2) is 11.5 Å². The molecule has 21 heavy (non-hydrogen) atoms. The molecule has 10 heteroatoms. The summed E-state index contributed by atoms with van der Waals surface area (Å²) >= 11 is 0. The van der Waals surface area contributed by atoms with Crippen LogP contribution in [0.25, 0.3) is 11.5 Å². The van der Waals surface area contributed by atoms with E-state index in [1.807, 2.05) is 0 Å². The summed E-state index contributed by atoms with van der Waals surface area (Å²) in [6.45, 7) is 3.26. The summed E-state index contributed by atoms with van der Waals surface area (Å²) in [4.78, 5) is 34.1. The molecule has 0 aliphatic carbocycles. The lowest BCUT2D eigenvalue weighted by Gasteiger charge is -2.07. The Hall–Kier alpha value is -2.09. The summed E-state index contributed by atoms with van der Waals surface area (Å²) in [5.41, 5.74) is 5.17. The molecule has 0 aliphatic heterocycles. The van der Waals surface area contributed by atoms with E-state index in [1.165, 1.54) is 0 Å². The number of nitrogens with two attached hydrogens (primary N) is 1. The number of nitrogens with zero attached hydrogens (tertiary/aromatic N) is 1. The zero-order valence-electron chi connectivity index (χ0n) is 11.1. The Balaban J connectivity index is 2.54. The Bertz CT molecular complexity index is 712. The molecular formula is C11H13N2O7P. The van der Waals surface area contributed by atoms with Gasteiger partial charge in [0.1, 0.15) is 5.30 Å². The van der Waals surface area contributed by atoms with Crippen molar-refractivity contribution in [2.45, 2.75) is 20.0 Å². The third kappa shape index (κ3) is 3.15. The molecule has 0 spiro atoms. The van der Waals surface area contributed by atoms with E-state index in [0.29, 0.717) is 0 Å². The van der Waals surface area contributed by atoms with Crippen LogP contribution in [0.2, 0.25) is 0 Å². The first-order chi connectivity index (χ1) is 9.70. The minimum atomic E-state index is -4.61. The molecule has 0 saturated carbocycles. The average molecular weight is 316 g/mol. The van der Waals surface area contributed by atoms with Crippen LogP contribution >= 0.6 is 7.60 Å². The van der Waals surface area contributed by atoms with E-state index in [2.05, 4.69) is 4.98 Å². The van der Waals surface area contributed by atoms with Crippen molar-refractivity contribution in [2.75, 3.05) is 5.73 Å². The first kappa shape index (κ1) is 15.3. The molecule has 0 aromatic carbocycles. The van der Waals surface area contributed by atoms with Gasteiger partial charge in [-0.05, 0) is 19.9 Å². The van der Waals surface area contributed by atoms with Crippen LogP contribution in [0.15, 0.2) is 21.2 Å². The van der Waals surface area contributed by atoms with Crippen molar-refractivity contribution in [1.82, 2.24) is 4.98 Å². The molecular weight excluding hydrogens is 303 g/mol. The molecule has 2 aromatic heterocycles. The Morgan fingerprint density at radius 1 is 1.48 bits per heavy atom. The SMILES string of the molecule is CC(C)OC(=O)c1oc(N)nc1-c1occc1P(=O)(O)O. The molecule has 2 aromatic rings. The number of ether oxygens (including phenoxy) is 1. The molecule has 2 rings (SSSR count). The van der Waals surface area contributed by atoms with Crippen molar-refractivity contribution < 1.29 is 32.7 Å². The second kappa shape index (κ2) is 5.36. The number of oxazole rings is 1. The average Bonchev–Trinajstić information content (AvgIpc) is 2.92. The largest absolute Gasteiger partial charge is 0.462 e. The number of hydrogen-bond donors (Lipinski definition) is 3. The van der Waals surface area contributed by atoms with E-state index in [-0.39, 0.29) is 23.2 Å². The van der Waals surface area contributed by atoms with Crippen LogP contribution < -0.4 is 11.0 Å². The lowest BCUT2D eigenvalue weighted by Crippen LogP contribution is -2.13. The van der Waals surface area contributed by atoms with Gasteiger partial charge in [-0.25, -0.2) is 4.79 Å². The van der Waals surface area contributed by atoms with Crippen molar-refractivity contribution in [3.8, 4) is 11.5 Å². The highest BCUT2D eigenvalue weighted by molar-refractivity contribution is 7.60. The van der Waals surface area contributed by atoms with Gasteiger partial charge in [0.25, 0.3) is 6.01 Å². The predicted octanol–water partition coefficient (Wildman–Crippen LogP) is 0.885. The normalized spacial score (nSPS) is 11.9. The molecule has 0 amide bonds. The van der Waals surface area contributed by atoms with E-state index in [1.54, 1.807) is 13.8 Å². The predicted molar refractivity (Wildman–Crippen MR) is 70.8 cm³/mol. The van der Waals surface area contributed by atoms with Crippen LogP contribution in [-0.4, -0.2) is 26.8 Å². The zero-order chi connectivity index (χ0) is 15.8. The highest BCUT2D eigenvalue weighted by Crippen LogP contribution is 2.39. The van der Waals surface area contributed by atoms with Crippen molar-refractivity contribution in [2.24, 2.45) is 0 Å². The molecule has 9 nitrogen and oxygen atoms in total. The molecule has 2 heterocycles. The third-order valence-electron chi connectivity index (χ3n) is 2.35. The van der Waals surface area contributed by atoms with E-state index < -0.39 is 25.0 Å². The van der Waals surface area contributed by atoms with Gasteiger partial charge in [-0.3, -0.25) is 4.57 Å². The van der Waals surface area contributed by atoms with Crippen LogP contribution in [0.5, 0.6) is 0 Å². The molecule has 0 radical (unpaired) electrons. The number of hydrogen-bond acceptors (Lipinski definition) is 7. The molecule has 0 saturated heterocycles. The number of anilines is 1. The van der Waals surface area contributed by atoms with Crippen molar-refractivity contribution in [3.05, 3.63) is 18.1 Å². The minimum absolute atomic E-state index is 0.221. The molecule has 114 valence electrons. The van der Waals surface area contributed by atoms with Crippen molar-refractivity contribution >= 4 is 24.9 Å². The monoisotopic (exact) mass is 316 g/mol. The van der Waals surface area contributed by atoms with Gasteiger partial charge in [0.05, 0.1) is 12.4 Å². The minimum Gasteiger partial charge on any atom is -0.462 e. The van der Waals surface area contributed by atoms with Gasteiger partial charge in [0.2, 0.25) is 5.76 Å². The number of carbonyl (C=O) groups is 1. The van der Waals surface area contributed by atoms with Crippen molar-refractivity contribution in [1.29, 1.82) is 0 Å². The quantitative estimate of drug-likeness (QED) is 0.552. The number of rotatable bonds is 4. The molecule has 0 bridgehead atoms. The summed E-state index contributed by atoms with van der Waals surface area (Å²) in [5, 5.41) is -0.422. The van der Waals surface area contributed by atoms with Gasteiger partial charge < -0.3 is 29.1 Å². The van der Waals surface area contributed by atoms with Crippen LogP contribution in [-0.2, 0) is 9.30 Å². The van der Waals surface area contributed by atoms with Gasteiger partial charge in [0, 0.05) is 0 Å². The highest BCUT2D eigenvalue weighted by atomic mass is 31.2. The maximum Gasteiger partial charge on any atom is 0.377 e. The second-order valence-electron chi connectivity index (χ2n) is 4.36. The Labute approximate surface area is 118 Å². The second-order valence-corrected chi connectivity index (χ2v) is 5.93. The molecule has 0 aliphatic rings. The first-order valence-corrected chi connectivity index (χ1v) is 7.42. The maximum absolute atomic E-state index is 11.9. The van der Waals surface area contributed by atoms with E-state index in [4.69, 9.17) is 19.3 Å². The maximum atomic E-state index is 11.9. The number of nitrogen functional groups attached to an aromatic ring is 1. The fraction of sp³-hybridized carbons (Fsp3) is 0.273. The molecule has 0 unspecified atom stereocenters. The van der Waals surface area contributed by atoms with Gasteiger partial charge in [-0.1, -0.05) is 0 Å². The summed E-state index contributed by atoms with van der Waals surface area (Å²) in [5.74, 6) is -1.54. The molecule has 0 atom stereocenters. The number of esters is 1. The van der Waals surface area contributed by atoms with Gasteiger partial charge in [-0.15, -0.1) is 0 Å². The van der Waals surface area contributed by atoms with Crippen LogP contribution in [0.4, 0.5) is 6.01 Å². The zero-order valence-corrected chi connectivity index (χ0v) is 12.0.